The molecule has 0 bridgehead atoms. The predicted molar refractivity (Wildman–Crippen MR) is 74.2 cm³/mol. The van der Waals surface area contributed by atoms with Crippen LogP contribution in [0, 0.1) is 5.41 Å². The summed E-state index contributed by atoms with van der Waals surface area (Å²) in [6.07, 6.45) is 5.39. The maximum Gasteiger partial charge on any atom is 0.139 e. The highest BCUT2D eigenvalue weighted by molar-refractivity contribution is 6.32. The third-order valence-corrected chi connectivity index (χ3v) is 4.42. The fourth-order valence-electron chi connectivity index (χ4n) is 2.79. The fraction of sp³-hybridized carbons (Fsp3) is 0.600. The van der Waals surface area contributed by atoms with Crippen LogP contribution in [0.3, 0.4) is 0 Å². The van der Waals surface area contributed by atoms with Gasteiger partial charge < -0.3 is 0 Å². The SMILES string of the molecule is Bc1cccc(C2(C)CCC(C)(C)CC2)c1. The van der Waals surface area contributed by atoms with Crippen molar-refractivity contribution in [2.75, 3.05) is 0 Å². The smallest absolute Gasteiger partial charge is 0.0887 e. The molecule has 0 unspecified atom stereocenters. The van der Waals surface area contributed by atoms with Crippen molar-refractivity contribution >= 4 is 13.3 Å². The van der Waals surface area contributed by atoms with Crippen LogP contribution in [-0.2, 0) is 5.41 Å². The second-order valence-corrected chi connectivity index (χ2v) is 6.59. The first kappa shape index (κ1) is 11.8. The molecule has 1 aromatic rings. The Labute approximate surface area is 101 Å². The Hall–Kier alpha value is -0.715. The Morgan fingerprint density at radius 3 is 2.19 bits per heavy atom. The van der Waals surface area contributed by atoms with Crippen molar-refractivity contribution in [1.82, 2.24) is 0 Å². The lowest BCUT2D eigenvalue weighted by Gasteiger charge is -2.42. The Bertz CT molecular complexity index is 369. The van der Waals surface area contributed by atoms with Gasteiger partial charge in [0.15, 0.2) is 0 Å². The van der Waals surface area contributed by atoms with E-state index < -0.39 is 0 Å². The highest BCUT2D eigenvalue weighted by Gasteiger charge is 2.35. The van der Waals surface area contributed by atoms with Crippen LogP contribution in [0.4, 0.5) is 0 Å². The summed E-state index contributed by atoms with van der Waals surface area (Å²) >= 11 is 0. The summed E-state index contributed by atoms with van der Waals surface area (Å²) in [6, 6.07) is 9.08. The molecular weight excluding hydrogens is 191 g/mol. The number of rotatable bonds is 1. The van der Waals surface area contributed by atoms with Crippen molar-refractivity contribution in [3.8, 4) is 0 Å². The number of hydrogen-bond donors (Lipinski definition) is 0. The largest absolute Gasteiger partial charge is 0.139 e. The summed E-state index contributed by atoms with van der Waals surface area (Å²) < 4.78 is 0. The average Bonchev–Trinajstić information content (AvgIpc) is 2.23. The van der Waals surface area contributed by atoms with Crippen molar-refractivity contribution in [2.24, 2.45) is 5.41 Å². The molecule has 0 atom stereocenters. The van der Waals surface area contributed by atoms with Gasteiger partial charge >= 0.3 is 0 Å². The second-order valence-electron chi connectivity index (χ2n) is 6.59. The van der Waals surface area contributed by atoms with Crippen molar-refractivity contribution in [3.63, 3.8) is 0 Å². The third-order valence-electron chi connectivity index (χ3n) is 4.42. The highest BCUT2D eigenvalue weighted by Crippen LogP contribution is 2.46. The molecule has 1 saturated carbocycles. The standard InChI is InChI=1S/C15H23B/c1-14(2)7-9-15(3,10-8-14)12-5-4-6-13(16)11-12/h4-6,11H,7-10,16H2,1-3H3. The van der Waals surface area contributed by atoms with Gasteiger partial charge in [-0.3, -0.25) is 0 Å². The maximum atomic E-state index is 2.44. The minimum Gasteiger partial charge on any atom is -0.0887 e. The van der Waals surface area contributed by atoms with E-state index in [-0.39, 0.29) is 0 Å². The molecule has 1 aromatic carbocycles. The van der Waals surface area contributed by atoms with Crippen LogP contribution in [-0.4, -0.2) is 7.85 Å². The zero-order chi connectivity index (χ0) is 11.8. The van der Waals surface area contributed by atoms with Gasteiger partial charge in [0.25, 0.3) is 0 Å². The molecule has 0 saturated heterocycles. The summed E-state index contributed by atoms with van der Waals surface area (Å²) in [5.41, 5.74) is 3.91. The molecule has 0 N–H and O–H groups in total. The quantitative estimate of drug-likeness (QED) is 0.630. The molecule has 1 fully saturated rings. The van der Waals surface area contributed by atoms with Gasteiger partial charge in [0, 0.05) is 0 Å². The van der Waals surface area contributed by atoms with Gasteiger partial charge in [0.1, 0.15) is 7.85 Å². The van der Waals surface area contributed by atoms with Crippen LogP contribution >= 0.6 is 0 Å². The fourth-order valence-corrected chi connectivity index (χ4v) is 2.79. The van der Waals surface area contributed by atoms with E-state index in [1.54, 1.807) is 5.56 Å². The van der Waals surface area contributed by atoms with E-state index in [1.165, 1.54) is 31.1 Å². The van der Waals surface area contributed by atoms with Gasteiger partial charge in [0.2, 0.25) is 0 Å². The van der Waals surface area contributed by atoms with Crippen LogP contribution in [0.15, 0.2) is 24.3 Å². The minimum atomic E-state index is 0.418. The molecule has 0 aromatic heterocycles. The summed E-state index contributed by atoms with van der Waals surface area (Å²) in [7, 11) is 2.19. The van der Waals surface area contributed by atoms with Gasteiger partial charge in [-0.15, -0.1) is 0 Å². The topological polar surface area (TPSA) is 0 Å². The maximum absolute atomic E-state index is 2.44. The molecule has 0 spiro atoms. The molecule has 0 radical (unpaired) electrons. The van der Waals surface area contributed by atoms with Crippen molar-refractivity contribution < 1.29 is 0 Å². The molecule has 0 aliphatic heterocycles. The van der Waals surface area contributed by atoms with Gasteiger partial charge in [-0.2, -0.15) is 0 Å². The molecular formula is C15H23B. The lowest BCUT2D eigenvalue weighted by molar-refractivity contribution is 0.173. The molecule has 0 nitrogen and oxygen atoms in total. The van der Waals surface area contributed by atoms with Crippen LogP contribution in [0.5, 0.6) is 0 Å². The van der Waals surface area contributed by atoms with Gasteiger partial charge in [0.05, 0.1) is 0 Å². The van der Waals surface area contributed by atoms with E-state index in [9.17, 15) is 0 Å². The van der Waals surface area contributed by atoms with E-state index >= 15 is 0 Å². The first-order valence-electron chi connectivity index (χ1n) is 6.49. The van der Waals surface area contributed by atoms with Crippen LogP contribution in [0.25, 0.3) is 0 Å². The third kappa shape index (κ3) is 2.34. The summed E-state index contributed by atoms with van der Waals surface area (Å²) in [5, 5.41) is 0. The molecule has 0 amide bonds. The van der Waals surface area contributed by atoms with Crippen molar-refractivity contribution in [1.29, 1.82) is 0 Å². The van der Waals surface area contributed by atoms with Crippen molar-refractivity contribution in [3.05, 3.63) is 29.8 Å². The molecule has 0 heterocycles. The van der Waals surface area contributed by atoms with Crippen LogP contribution in [0.1, 0.15) is 52.0 Å². The average molecular weight is 214 g/mol. The molecule has 16 heavy (non-hydrogen) atoms. The Morgan fingerprint density at radius 2 is 1.62 bits per heavy atom. The molecule has 1 aliphatic rings. The molecule has 1 heteroatoms. The van der Waals surface area contributed by atoms with E-state index in [4.69, 9.17) is 0 Å². The Balaban J connectivity index is 2.21. The van der Waals surface area contributed by atoms with E-state index in [0.29, 0.717) is 10.8 Å². The highest BCUT2D eigenvalue weighted by atomic mass is 14.4. The number of hydrogen-bond acceptors (Lipinski definition) is 0. The summed E-state index contributed by atoms with van der Waals surface area (Å²) in [5.74, 6) is 0. The number of benzene rings is 1. The summed E-state index contributed by atoms with van der Waals surface area (Å²) in [4.78, 5) is 0. The van der Waals surface area contributed by atoms with E-state index in [2.05, 4.69) is 52.9 Å². The summed E-state index contributed by atoms with van der Waals surface area (Å²) in [6.45, 7) is 7.25. The minimum absolute atomic E-state index is 0.418. The predicted octanol–water partition coefficient (Wildman–Crippen LogP) is 2.80. The zero-order valence-corrected chi connectivity index (χ0v) is 11.1. The van der Waals surface area contributed by atoms with E-state index in [0.717, 1.165) is 0 Å². The monoisotopic (exact) mass is 214 g/mol. The first-order chi connectivity index (χ1) is 7.41. The Morgan fingerprint density at radius 1 is 1.00 bits per heavy atom. The van der Waals surface area contributed by atoms with Gasteiger partial charge in [-0.05, 0) is 42.1 Å². The zero-order valence-electron chi connectivity index (χ0n) is 11.1. The lowest BCUT2D eigenvalue weighted by Crippen LogP contribution is -2.32. The van der Waals surface area contributed by atoms with Crippen molar-refractivity contribution in [2.45, 2.75) is 51.9 Å². The van der Waals surface area contributed by atoms with E-state index in [1.807, 2.05) is 0 Å². The molecule has 86 valence electrons. The van der Waals surface area contributed by atoms with Crippen LogP contribution < -0.4 is 5.46 Å². The second kappa shape index (κ2) is 3.94. The molecule has 2 rings (SSSR count). The van der Waals surface area contributed by atoms with Crippen LogP contribution in [0.2, 0.25) is 0 Å². The lowest BCUT2D eigenvalue weighted by atomic mass is 9.63. The van der Waals surface area contributed by atoms with Gasteiger partial charge in [-0.25, -0.2) is 0 Å². The Kier molecular flexibility index (Phi) is 2.90. The first-order valence-corrected chi connectivity index (χ1v) is 6.49. The van der Waals surface area contributed by atoms with Gasteiger partial charge in [-0.1, -0.05) is 50.5 Å². The normalized spacial score (nSPS) is 22.9. The molecule has 1 aliphatic carbocycles.